The second-order valence-corrected chi connectivity index (χ2v) is 9.29. The Morgan fingerprint density at radius 2 is 1.67 bits per heavy atom. The molecule has 3 heterocycles. The number of hydrogen-bond acceptors (Lipinski definition) is 6. The van der Waals surface area contributed by atoms with Gasteiger partial charge in [0.25, 0.3) is 5.91 Å². The third-order valence-corrected chi connectivity index (χ3v) is 7.63. The second-order valence-electron chi connectivity index (χ2n) is 6.95. The van der Waals surface area contributed by atoms with Crippen LogP contribution in [0.2, 0.25) is 0 Å². The summed E-state index contributed by atoms with van der Waals surface area (Å²) in [5.41, 5.74) is 0.600. The van der Waals surface area contributed by atoms with Gasteiger partial charge in [-0.15, -0.1) is 0 Å². The van der Waals surface area contributed by atoms with Gasteiger partial charge >= 0.3 is 0 Å². The molecule has 0 spiro atoms. The number of benzene rings is 1. The fourth-order valence-corrected chi connectivity index (χ4v) is 6.01. The van der Waals surface area contributed by atoms with Gasteiger partial charge in [0, 0.05) is 37.6 Å². The molecule has 2 saturated heterocycles. The number of carbonyl (C=O) groups excluding carboxylic acids is 1. The van der Waals surface area contributed by atoms with E-state index in [1.54, 1.807) is 35.5 Å². The van der Waals surface area contributed by atoms with Gasteiger partial charge in [0.2, 0.25) is 5.95 Å². The van der Waals surface area contributed by atoms with Gasteiger partial charge in [-0.05, 0) is 31.0 Å². The molecule has 2 aliphatic rings. The van der Waals surface area contributed by atoms with Gasteiger partial charge in [0.15, 0.2) is 9.84 Å². The monoisotopic (exact) mass is 386 g/mol. The Morgan fingerprint density at radius 3 is 2.41 bits per heavy atom. The minimum Gasteiger partial charge on any atom is -0.341 e. The van der Waals surface area contributed by atoms with Crippen LogP contribution in [0.15, 0.2) is 48.8 Å². The van der Waals surface area contributed by atoms with E-state index in [9.17, 15) is 13.2 Å². The van der Waals surface area contributed by atoms with Crippen molar-refractivity contribution in [3.8, 4) is 0 Å². The van der Waals surface area contributed by atoms with Gasteiger partial charge in [-0.2, -0.15) is 0 Å². The number of hydrogen-bond donors (Lipinski definition) is 0. The Morgan fingerprint density at radius 1 is 0.963 bits per heavy atom. The van der Waals surface area contributed by atoms with E-state index in [0.29, 0.717) is 37.4 Å². The van der Waals surface area contributed by atoms with Crippen LogP contribution in [0.1, 0.15) is 23.2 Å². The summed E-state index contributed by atoms with van der Waals surface area (Å²) in [4.78, 5) is 25.4. The van der Waals surface area contributed by atoms with Crippen molar-refractivity contribution in [2.75, 3.05) is 30.3 Å². The standard InChI is InChI=1S/C19H22N4O3S/c24-18(15-5-2-1-3-6-15)23-13-14-27(25,26)17-8-12-22(11-7-16(17)23)19-20-9-4-10-21-19/h1-6,9-10,16-17H,7-8,11-14H2/t16-,17+/m0/s1. The van der Waals surface area contributed by atoms with Crippen molar-refractivity contribution in [2.24, 2.45) is 0 Å². The highest BCUT2D eigenvalue weighted by Crippen LogP contribution is 2.30. The largest absolute Gasteiger partial charge is 0.341 e. The van der Waals surface area contributed by atoms with E-state index >= 15 is 0 Å². The Labute approximate surface area is 159 Å². The van der Waals surface area contributed by atoms with Crippen LogP contribution in [-0.2, 0) is 9.84 Å². The van der Waals surface area contributed by atoms with Gasteiger partial charge in [-0.25, -0.2) is 18.4 Å². The van der Waals surface area contributed by atoms with E-state index in [1.807, 2.05) is 23.1 Å². The van der Waals surface area contributed by atoms with E-state index in [4.69, 9.17) is 0 Å². The minimum absolute atomic E-state index is 0.0224. The van der Waals surface area contributed by atoms with E-state index in [-0.39, 0.29) is 24.2 Å². The molecule has 7 nitrogen and oxygen atoms in total. The summed E-state index contributed by atoms with van der Waals surface area (Å²) in [7, 11) is -3.22. The molecule has 2 fully saturated rings. The quantitative estimate of drug-likeness (QED) is 0.776. The lowest BCUT2D eigenvalue weighted by Gasteiger charge is -2.40. The fourth-order valence-electron chi connectivity index (χ4n) is 4.03. The van der Waals surface area contributed by atoms with Crippen molar-refractivity contribution < 1.29 is 13.2 Å². The predicted molar refractivity (Wildman–Crippen MR) is 102 cm³/mol. The molecule has 2 aromatic rings. The van der Waals surface area contributed by atoms with Gasteiger partial charge in [0.1, 0.15) is 0 Å². The molecule has 0 saturated carbocycles. The molecule has 4 rings (SSSR count). The molecule has 1 aromatic carbocycles. The molecule has 2 atom stereocenters. The molecule has 142 valence electrons. The number of rotatable bonds is 2. The maximum absolute atomic E-state index is 13.0. The summed E-state index contributed by atoms with van der Waals surface area (Å²) in [5, 5.41) is -0.535. The smallest absolute Gasteiger partial charge is 0.254 e. The number of sulfone groups is 1. The van der Waals surface area contributed by atoms with Crippen molar-refractivity contribution in [1.82, 2.24) is 14.9 Å². The summed E-state index contributed by atoms with van der Waals surface area (Å²) in [6.45, 7) is 1.44. The van der Waals surface area contributed by atoms with Crippen molar-refractivity contribution in [3.63, 3.8) is 0 Å². The van der Waals surface area contributed by atoms with Crippen molar-refractivity contribution in [2.45, 2.75) is 24.1 Å². The van der Waals surface area contributed by atoms with Crippen LogP contribution in [0.25, 0.3) is 0 Å². The number of anilines is 1. The van der Waals surface area contributed by atoms with E-state index < -0.39 is 15.1 Å². The predicted octanol–water partition coefficient (Wildman–Crippen LogP) is 1.38. The van der Waals surface area contributed by atoms with Crippen molar-refractivity contribution in [3.05, 3.63) is 54.4 Å². The Hall–Kier alpha value is -2.48. The molecule has 0 N–H and O–H groups in total. The second kappa shape index (κ2) is 7.26. The molecular weight excluding hydrogens is 364 g/mol. The lowest BCUT2D eigenvalue weighted by molar-refractivity contribution is 0.0668. The molecule has 1 amide bonds. The van der Waals surface area contributed by atoms with Crippen LogP contribution >= 0.6 is 0 Å². The summed E-state index contributed by atoms with van der Waals surface area (Å²) in [5.74, 6) is 0.536. The average Bonchev–Trinajstić information content (AvgIpc) is 2.93. The topological polar surface area (TPSA) is 83.5 Å². The normalized spacial score (nSPS) is 24.7. The molecule has 0 aliphatic carbocycles. The first kappa shape index (κ1) is 17.9. The van der Waals surface area contributed by atoms with Crippen LogP contribution in [0.4, 0.5) is 5.95 Å². The zero-order valence-electron chi connectivity index (χ0n) is 14.9. The molecule has 0 bridgehead atoms. The molecule has 1 aromatic heterocycles. The summed E-state index contributed by atoms with van der Waals surface area (Å²) < 4.78 is 25.5. The van der Waals surface area contributed by atoms with Crippen LogP contribution in [0.3, 0.4) is 0 Å². The number of fused-ring (bicyclic) bond motifs is 1. The lowest BCUT2D eigenvalue weighted by atomic mass is 10.0. The highest BCUT2D eigenvalue weighted by atomic mass is 32.2. The lowest BCUT2D eigenvalue weighted by Crippen LogP contribution is -2.56. The molecule has 2 aliphatic heterocycles. The highest BCUT2D eigenvalue weighted by molar-refractivity contribution is 7.92. The van der Waals surface area contributed by atoms with Gasteiger partial charge in [-0.1, -0.05) is 18.2 Å². The average molecular weight is 386 g/mol. The first-order valence-corrected chi connectivity index (χ1v) is 10.9. The molecule has 8 heteroatoms. The fraction of sp³-hybridized carbons (Fsp3) is 0.421. The number of aromatic nitrogens is 2. The number of amides is 1. The third-order valence-electron chi connectivity index (χ3n) is 5.40. The third kappa shape index (κ3) is 3.53. The first-order valence-electron chi connectivity index (χ1n) is 9.16. The molecule has 0 unspecified atom stereocenters. The number of nitrogens with zero attached hydrogens (tertiary/aromatic N) is 4. The molecule has 0 radical (unpaired) electrons. The van der Waals surface area contributed by atoms with E-state index in [0.717, 1.165) is 0 Å². The van der Waals surface area contributed by atoms with Crippen molar-refractivity contribution >= 4 is 21.7 Å². The molecule has 27 heavy (non-hydrogen) atoms. The highest BCUT2D eigenvalue weighted by Gasteiger charge is 2.44. The summed E-state index contributed by atoms with van der Waals surface area (Å²) >= 11 is 0. The zero-order chi connectivity index (χ0) is 18.9. The van der Waals surface area contributed by atoms with Crippen LogP contribution in [0.5, 0.6) is 0 Å². The van der Waals surface area contributed by atoms with Crippen LogP contribution < -0.4 is 4.90 Å². The van der Waals surface area contributed by atoms with Crippen molar-refractivity contribution in [1.29, 1.82) is 0 Å². The zero-order valence-corrected chi connectivity index (χ0v) is 15.8. The van der Waals surface area contributed by atoms with E-state index in [2.05, 4.69) is 9.97 Å². The Balaban J connectivity index is 1.61. The maximum Gasteiger partial charge on any atom is 0.254 e. The minimum atomic E-state index is -3.22. The Bertz CT molecular complexity index is 905. The summed E-state index contributed by atoms with van der Waals surface area (Å²) in [6, 6.07) is 10.5. The van der Waals surface area contributed by atoms with Gasteiger partial charge < -0.3 is 9.80 Å². The van der Waals surface area contributed by atoms with Gasteiger partial charge in [-0.3, -0.25) is 4.79 Å². The van der Waals surface area contributed by atoms with Crippen LogP contribution in [0, 0.1) is 0 Å². The van der Waals surface area contributed by atoms with Gasteiger partial charge in [0.05, 0.1) is 17.0 Å². The van der Waals surface area contributed by atoms with Crippen LogP contribution in [-0.4, -0.2) is 65.9 Å². The maximum atomic E-state index is 13.0. The first-order chi connectivity index (χ1) is 13.1. The molecular formula is C19H22N4O3S. The number of carbonyl (C=O) groups is 1. The Kier molecular flexibility index (Phi) is 4.82. The SMILES string of the molecule is O=C(c1ccccc1)N1CCS(=O)(=O)[C@@H]2CCN(c3ncccn3)CC[C@@H]21. The van der Waals surface area contributed by atoms with E-state index in [1.165, 1.54) is 0 Å². The summed E-state index contributed by atoms with van der Waals surface area (Å²) in [6.07, 6.45) is 4.43.